The third-order valence-electron chi connectivity index (χ3n) is 7.51. The van der Waals surface area contributed by atoms with Crippen LogP contribution in [0.5, 0.6) is 0 Å². The molecule has 6 rings (SSSR count). The van der Waals surface area contributed by atoms with Gasteiger partial charge in [-0.3, -0.25) is 9.69 Å². The zero-order valence-electron chi connectivity index (χ0n) is 25.0. The van der Waals surface area contributed by atoms with Gasteiger partial charge in [0.25, 0.3) is 0 Å². The van der Waals surface area contributed by atoms with Gasteiger partial charge in [-0.25, -0.2) is 14.1 Å². The van der Waals surface area contributed by atoms with E-state index in [1.807, 2.05) is 47.5 Å². The third kappa shape index (κ3) is 6.23. The number of hydrogen-bond acceptors (Lipinski definition) is 10. The molecule has 0 unspecified atom stereocenters. The number of fused-ring (bicyclic) bond motifs is 1. The Morgan fingerprint density at radius 2 is 1.84 bits per heavy atom. The van der Waals surface area contributed by atoms with E-state index in [1.54, 1.807) is 29.1 Å². The molecule has 5 aromatic rings. The van der Waals surface area contributed by atoms with Gasteiger partial charge in [-0.05, 0) is 64.5 Å². The number of aryl methyl sites for hydroxylation is 1. The van der Waals surface area contributed by atoms with Crippen LogP contribution in [-0.4, -0.2) is 86.7 Å². The lowest BCUT2D eigenvalue weighted by Gasteiger charge is -2.34. The second kappa shape index (κ2) is 12.7. The SMILES string of the molecule is CCn1cc(-c2nc(SCc3nnc(-c4ccc(Cl)cc4)o3)n(CN(C)C)n2)c(=O)c2cc(F)c(N3CCN(C)CC3)cc21. The van der Waals surface area contributed by atoms with Crippen LogP contribution in [0.4, 0.5) is 10.1 Å². The van der Waals surface area contributed by atoms with Gasteiger partial charge in [0.05, 0.1) is 29.2 Å². The van der Waals surface area contributed by atoms with Gasteiger partial charge in [-0.15, -0.1) is 15.3 Å². The molecule has 0 bridgehead atoms. The average Bonchev–Trinajstić information content (AvgIpc) is 3.64. The van der Waals surface area contributed by atoms with Crippen LogP contribution < -0.4 is 10.3 Å². The Kier molecular flexibility index (Phi) is 8.72. The Bertz CT molecular complexity index is 1850. The Morgan fingerprint density at radius 3 is 2.55 bits per heavy atom. The number of likely N-dealkylation sites (N-methyl/N-ethyl adjacent to an activating group) is 1. The van der Waals surface area contributed by atoms with Gasteiger partial charge < -0.3 is 18.8 Å². The molecule has 14 heteroatoms. The summed E-state index contributed by atoms with van der Waals surface area (Å²) in [6, 6.07) is 10.3. The summed E-state index contributed by atoms with van der Waals surface area (Å²) in [5, 5.41) is 14.5. The maximum Gasteiger partial charge on any atom is 0.247 e. The minimum absolute atomic E-state index is 0.277. The molecule has 1 fully saturated rings. The summed E-state index contributed by atoms with van der Waals surface area (Å²) in [5.41, 5.74) is 1.98. The number of piperazine rings is 1. The maximum atomic E-state index is 15.5. The summed E-state index contributed by atoms with van der Waals surface area (Å²) in [6.45, 7) is 6.19. The molecule has 11 nitrogen and oxygen atoms in total. The third-order valence-corrected chi connectivity index (χ3v) is 8.72. The molecule has 1 aliphatic heterocycles. The second-order valence-electron chi connectivity index (χ2n) is 11.0. The van der Waals surface area contributed by atoms with E-state index >= 15 is 4.39 Å². The summed E-state index contributed by atoms with van der Waals surface area (Å²) in [4.78, 5) is 24.8. The summed E-state index contributed by atoms with van der Waals surface area (Å²) < 4.78 is 25.0. The van der Waals surface area contributed by atoms with Gasteiger partial charge in [0.2, 0.25) is 17.2 Å². The fourth-order valence-electron chi connectivity index (χ4n) is 5.17. The van der Waals surface area contributed by atoms with Crippen molar-refractivity contribution < 1.29 is 8.81 Å². The Morgan fingerprint density at radius 1 is 1.09 bits per heavy atom. The smallest absolute Gasteiger partial charge is 0.247 e. The van der Waals surface area contributed by atoms with Gasteiger partial charge >= 0.3 is 0 Å². The first-order valence-corrected chi connectivity index (χ1v) is 15.7. The molecular weight excluding hydrogens is 605 g/mol. The zero-order chi connectivity index (χ0) is 31.0. The van der Waals surface area contributed by atoms with Crippen molar-refractivity contribution in [3.05, 3.63) is 69.5 Å². The summed E-state index contributed by atoms with van der Waals surface area (Å²) in [5.74, 6) is 1.04. The average molecular weight is 638 g/mol. The normalized spacial score (nSPS) is 14.3. The molecule has 0 N–H and O–H groups in total. The van der Waals surface area contributed by atoms with E-state index in [0.717, 1.165) is 31.7 Å². The van der Waals surface area contributed by atoms with Crippen LogP contribution >= 0.6 is 23.4 Å². The summed E-state index contributed by atoms with van der Waals surface area (Å²) in [6.07, 6.45) is 1.77. The first-order valence-electron chi connectivity index (χ1n) is 14.3. The lowest BCUT2D eigenvalue weighted by Crippen LogP contribution is -2.44. The lowest BCUT2D eigenvalue weighted by molar-refractivity contribution is 0.292. The molecule has 1 saturated heterocycles. The lowest BCUT2D eigenvalue weighted by atomic mass is 10.1. The first kappa shape index (κ1) is 30.3. The molecule has 44 heavy (non-hydrogen) atoms. The Hall–Kier alpha value is -3.78. The van der Waals surface area contributed by atoms with E-state index in [-0.39, 0.29) is 11.3 Å². The van der Waals surface area contributed by atoms with E-state index in [1.165, 1.54) is 17.8 Å². The summed E-state index contributed by atoms with van der Waals surface area (Å²) >= 11 is 7.37. The number of hydrogen-bond donors (Lipinski definition) is 0. The van der Waals surface area contributed by atoms with Crippen molar-refractivity contribution in [3.63, 3.8) is 0 Å². The monoisotopic (exact) mass is 637 g/mol. The van der Waals surface area contributed by atoms with Crippen molar-refractivity contribution in [2.45, 2.75) is 31.0 Å². The highest BCUT2D eigenvalue weighted by molar-refractivity contribution is 7.98. The first-order chi connectivity index (χ1) is 21.2. The van der Waals surface area contributed by atoms with Crippen molar-refractivity contribution in [1.29, 1.82) is 0 Å². The predicted molar refractivity (Wildman–Crippen MR) is 171 cm³/mol. The van der Waals surface area contributed by atoms with E-state index in [9.17, 15) is 4.79 Å². The molecule has 0 aliphatic carbocycles. The van der Waals surface area contributed by atoms with E-state index in [0.29, 0.717) is 63.1 Å². The zero-order valence-corrected chi connectivity index (χ0v) is 26.6. The molecule has 1 aliphatic rings. The molecule has 4 heterocycles. The van der Waals surface area contributed by atoms with Crippen LogP contribution in [0.25, 0.3) is 33.7 Å². The fraction of sp³-hybridized carbons (Fsp3) is 0.367. The quantitative estimate of drug-likeness (QED) is 0.212. The predicted octanol–water partition coefficient (Wildman–Crippen LogP) is 4.69. The maximum absolute atomic E-state index is 15.5. The summed E-state index contributed by atoms with van der Waals surface area (Å²) in [7, 11) is 5.91. The molecule has 0 spiro atoms. The Labute approximate surface area is 263 Å². The molecule has 0 radical (unpaired) electrons. The number of thioether (sulfide) groups is 1. The molecule has 0 amide bonds. The van der Waals surface area contributed by atoms with Gasteiger partial charge in [0.15, 0.2) is 11.0 Å². The molecular formula is C30H33ClFN9O2S. The van der Waals surface area contributed by atoms with Crippen molar-refractivity contribution in [1.82, 2.24) is 39.3 Å². The van der Waals surface area contributed by atoms with Crippen molar-refractivity contribution in [2.24, 2.45) is 0 Å². The highest BCUT2D eigenvalue weighted by Crippen LogP contribution is 2.29. The highest BCUT2D eigenvalue weighted by atomic mass is 35.5. The van der Waals surface area contributed by atoms with Crippen LogP contribution in [0.3, 0.4) is 0 Å². The van der Waals surface area contributed by atoms with Crippen molar-refractivity contribution in [2.75, 3.05) is 52.2 Å². The number of halogens is 2. The molecule has 230 valence electrons. The molecule has 2 aromatic carbocycles. The van der Waals surface area contributed by atoms with Crippen LogP contribution in [0.15, 0.2) is 57.0 Å². The van der Waals surface area contributed by atoms with Crippen molar-refractivity contribution in [3.8, 4) is 22.8 Å². The number of nitrogens with zero attached hydrogens (tertiary/aromatic N) is 9. The molecule has 3 aromatic heterocycles. The second-order valence-corrected chi connectivity index (χ2v) is 12.4. The molecule has 0 atom stereocenters. The van der Waals surface area contributed by atoms with E-state index in [2.05, 4.69) is 22.1 Å². The minimum atomic E-state index is -0.404. The standard InChI is InChI=1S/C30H33ClFN9O2S/c1-5-39-16-22(27(42)21-14-23(32)25(15-24(21)39)40-12-10-38(4)11-13-40)28-33-30(41(36-28)18-37(2)3)44-17-26-34-35-29(43-26)19-6-8-20(31)9-7-19/h6-9,14-16H,5,10-13,17-18H2,1-4H3. The fourth-order valence-corrected chi connectivity index (χ4v) is 6.06. The number of anilines is 1. The Balaban J connectivity index is 1.32. The topological polar surface area (TPSA) is 101 Å². The van der Waals surface area contributed by atoms with E-state index < -0.39 is 5.82 Å². The number of aromatic nitrogens is 6. The van der Waals surface area contributed by atoms with Gasteiger partial charge in [-0.2, -0.15) is 0 Å². The minimum Gasteiger partial charge on any atom is -0.420 e. The number of benzene rings is 2. The van der Waals surface area contributed by atoms with Gasteiger partial charge in [0, 0.05) is 54.9 Å². The van der Waals surface area contributed by atoms with Crippen molar-refractivity contribution >= 4 is 40.0 Å². The largest absolute Gasteiger partial charge is 0.420 e. The van der Waals surface area contributed by atoms with Crippen LogP contribution in [-0.2, 0) is 19.0 Å². The van der Waals surface area contributed by atoms with Gasteiger partial charge in [0.1, 0.15) is 5.82 Å². The number of rotatable bonds is 9. The number of pyridine rings is 1. The van der Waals surface area contributed by atoms with Gasteiger partial charge in [-0.1, -0.05) is 23.4 Å². The van der Waals surface area contributed by atoms with Crippen LogP contribution in [0, 0.1) is 5.82 Å². The van der Waals surface area contributed by atoms with Crippen LogP contribution in [0.2, 0.25) is 5.02 Å². The van der Waals surface area contributed by atoms with E-state index in [4.69, 9.17) is 26.1 Å². The molecule has 0 saturated carbocycles. The van der Waals surface area contributed by atoms with Crippen LogP contribution in [0.1, 0.15) is 12.8 Å². The highest BCUT2D eigenvalue weighted by Gasteiger charge is 2.23.